The van der Waals surface area contributed by atoms with Crippen molar-refractivity contribution >= 4 is 17.9 Å². The molecule has 7 nitrogen and oxygen atoms in total. The summed E-state index contributed by atoms with van der Waals surface area (Å²) in [6, 6.07) is -1.51. The van der Waals surface area contributed by atoms with Gasteiger partial charge in [-0.15, -0.1) is 0 Å². The first-order valence-electron chi connectivity index (χ1n) is 6.46. The van der Waals surface area contributed by atoms with Crippen LogP contribution in [0.25, 0.3) is 0 Å². The van der Waals surface area contributed by atoms with Gasteiger partial charge < -0.3 is 21.1 Å². The lowest BCUT2D eigenvalue weighted by Crippen LogP contribution is -2.52. The van der Waals surface area contributed by atoms with Crippen molar-refractivity contribution in [1.29, 1.82) is 0 Å². The predicted molar refractivity (Wildman–Crippen MR) is 68.4 cm³/mol. The van der Waals surface area contributed by atoms with E-state index in [1.54, 1.807) is 4.90 Å². The fraction of sp³-hybridized carbons (Fsp3) is 0.750. The minimum atomic E-state index is -1.27. The van der Waals surface area contributed by atoms with Crippen LogP contribution in [0.2, 0.25) is 0 Å². The number of nitrogens with zero attached hydrogens (tertiary/aromatic N) is 1. The van der Waals surface area contributed by atoms with Gasteiger partial charge in [-0.05, 0) is 26.2 Å². The molecule has 0 aromatic heterocycles. The molecule has 0 radical (unpaired) electrons. The SMILES string of the molecule is CCC1CCC(C)N1C(=O)N[C@@H](CC(N)=O)C(=O)O. The summed E-state index contributed by atoms with van der Waals surface area (Å²) in [6.45, 7) is 3.92. The van der Waals surface area contributed by atoms with Crippen LogP contribution in [0, 0.1) is 0 Å². The van der Waals surface area contributed by atoms with Crippen LogP contribution in [0.15, 0.2) is 0 Å². The standard InChI is InChI=1S/C12H21N3O4/c1-3-8-5-4-7(2)15(8)12(19)14-9(11(17)18)6-10(13)16/h7-9H,3-6H2,1-2H3,(H2,13,16)(H,14,19)(H,17,18)/t7?,8?,9-/m0/s1. The van der Waals surface area contributed by atoms with Gasteiger partial charge in [-0.2, -0.15) is 0 Å². The molecule has 1 heterocycles. The molecule has 1 aliphatic rings. The topological polar surface area (TPSA) is 113 Å². The Morgan fingerprint density at radius 1 is 1.42 bits per heavy atom. The largest absolute Gasteiger partial charge is 0.480 e. The third-order valence-electron chi connectivity index (χ3n) is 3.49. The van der Waals surface area contributed by atoms with Crippen molar-refractivity contribution in [2.45, 2.75) is 57.7 Å². The van der Waals surface area contributed by atoms with Gasteiger partial charge in [0.15, 0.2) is 0 Å². The van der Waals surface area contributed by atoms with Gasteiger partial charge in [-0.1, -0.05) is 6.92 Å². The van der Waals surface area contributed by atoms with Crippen molar-refractivity contribution in [3.8, 4) is 0 Å². The first-order valence-corrected chi connectivity index (χ1v) is 6.46. The van der Waals surface area contributed by atoms with E-state index in [4.69, 9.17) is 10.8 Å². The second kappa shape index (κ2) is 6.40. The molecule has 1 rings (SSSR count). The Kier molecular flexibility index (Phi) is 5.14. The van der Waals surface area contributed by atoms with Crippen molar-refractivity contribution in [2.75, 3.05) is 0 Å². The monoisotopic (exact) mass is 271 g/mol. The lowest BCUT2D eigenvalue weighted by molar-refractivity contribution is -0.141. The summed E-state index contributed by atoms with van der Waals surface area (Å²) in [4.78, 5) is 35.6. The van der Waals surface area contributed by atoms with E-state index >= 15 is 0 Å². The lowest BCUT2D eigenvalue weighted by atomic mass is 10.1. The first-order chi connectivity index (χ1) is 8.86. The van der Waals surface area contributed by atoms with Gasteiger partial charge in [-0.25, -0.2) is 9.59 Å². The number of amides is 3. The molecule has 0 aromatic rings. The van der Waals surface area contributed by atoms with E-state index in [1.165, 1.54) is 0 Å². The highest BCUT2D eigenvalue weighted by Gasteiger charge is 2.35. The number of hydrogen-bond donors (Lipinski definition) is 3. The zero-order valence-corrected chi connectivity index (χ0v) is 11.3. The van der Waals surface area contributed by atoms with Gasteiger partial charge in [0.2, 0.25) is 5.91 Å². The van der Waals surface area contributed by atoms with Gasteiger partial charge in [0.05, 0.1) is 6.42 Å². The maximum Gasteiger partial charge on any atom is 0.326 e. The van der Waals surface area contributed by atoms with Crippen LogP contribution in [0.1, 0.15) is 39.5 Å². The minimum Gasteiger partial charge on any atom is -0.480 e. The molecule has 7 heteroatoms. The number of carboxylic acid groups (broad SMARTS) is 1. The minimum absolute atomic E-state index is 0.0768. The number of carbonyl (C=O) groups excluding carboxylic acids is 2. The lowest BCUT2D eigenvalue weighted by Gasteiger charge is -2.29. The van der Waals surface area contributed by atoms with Crippen LogP contribution in [-0.2, 0) is 9.59 Å². The molecule has 3 amide bonds. The zero-order chi connectivity index (χ0) is 14.6. The van der Waals surface area contributed by atoms with E-state index in [-0.39, 0.29) is 12.1 Å². The third kappa shape index (κ3) is 3.84. The van der Waals surface area contributed by atoms with Crippen molar-refractivity contribution < 1.29 is 19.5 Å². The highest BCUT2D eigenvalue weighted by atomic mass is 16.4. The molecule has 0 bridgehead atoms. The molecule has 1 fully saturated rings. The average molecular weight is 271 g/mol. The molecule has 0 spiro atoms. The molecule has 19 heavy (non-hydrogen) atoms. The number of rotatable bonds is 5. The van der Waals surface area contributed by atoms with E-state index in [0.29, 0.717) is 0 Å². The van der Waals surface area contributed by atoms with Gasteiger partial charge >= 0.3 is 12.0 Å². The number of carbonyl (C=O) groups is 3. The quantitative estimate of drug-likeness (QED) is 0.666. The van der Waals surface area contributed by atoms with E-state index in [2.05, 4.69) is 5.32 Å². The molecule has 108 valence electrons. The zero-order valence-electron chi connectivity index (χ0n) is 11.3. The number of urea groups is 1. The van der Waals surface area contributed by atoms with Crippen LogP contribution >= 0.6 is 0 Å². The van der Waals surface area contributed by atoms with Gasteiger partial charge in [0.25, 0.3) is 0 Å². The molecule has 3 atom stereocenters. The summed E-state index contributed by atoms with van der Waals surface area (Å²) in [5.41, 5.74) is 4.97. The molecule has 4 N–H and O–H groups in total. The Labute approximate surface area is 112 Å². The Balaban J connectivity index is 2.70. The number of primary amides is 1. The normalized spacial score (nSPS) is 24.0. The Hall–Kier alpha value is -1.79. The Morgan fingerprint density at radius 3 is 2.53 bits per heavy atom. The van der Waals surface area contributed by atoms with Crippen LogP contribution in [-0.4, -0.2) is 46.0 Å². The molecular weight excluding hydrogens is 250 g/mol. The van der Waals surface area contributed by atoms with Crippen LogP contribution < -0.4 is 11.1 Å². The number of nitrogens with one attached hydrogen (secondary N) is 1. The van der Waals surface area contributed by atoms with E-state index < -0.39 is 30.4 Å². The molecule has 2 unspecified atom stereocenters. The second-order valence-electron chi connectivity index (χ2n) is 4.91. The maximum absolute atomic E-state index is 12.1. The summed E-state index contributed by atoms with van der Waals surface area (Å²) < 4.78 is 0. The van der Waals surface area contributed by atoms with Crippen LogP contribution in [0.3, 0.4) is 0 Å². The van der Waals surface area contributed by atoms with E-state index in [1.807, 2.05) is 13.8 Å². The second-order valence-corrected chi connectivity index (χ2v) is 4.91. The summed E-state index contributed by atoms with van der Waals surface area (Å²) in [5, 5.41) is 11.3. The highest BCUT2D eigenvalue weighted by Crippen LogP contribution is 2.25. The van der Waals surface area contributed by atoms with Crippen LogP contribution in [0.5, 0.6) is 0 Å². The fourth-order valence-corrected chi connectivity index (χ4v) is 2.46. The van der Waals surface area contributed by atoms with Crippen molar-refractivity contribution in [3.05, 3.63) is 0 Å². The number of hydrogen-bond acceptors (Lipinski definition) is 3. The van der Waals surface area contributed by atoms with E-state index in [9.17, 15) is 14.4 Å². The smallest absolute Gasteiger partial charge is 0.326 e. The summed E-state index contributed by atoms with van der Waals surface area (Å²) >= 11 is 0. The number of aliphatic carboxylic acids is 1. The predicted octanol–water partition coefficient (Wildman–Crippen LogP) is 0.288. The van der Waals surface area contributed by atoms with E-state index in [0.717, 1.165) is 19.3 Å². The molecule has 1 aliphatic heterocycles. The van der Waals surface area contributed by atoms with Gasteiger partial charge in [0.1, 0.15) is 6.04 Å². The molecule has 0 saturated carbocycles. The summed E-state index contributed by atoms with van der Waals surface area (Å²) in [5.74, 6) is -2.01. The van der Waals surface area contributed by atoms with Crippen LogP contribution in [0.4, 0.5) is 4.79 Å². The highest BCUT2D eigenvalue weighted by molar-refractivity contribution is 5.87. The molecule has 1 saturated heterocycles. The van der Waals surface area contributed by atoms with Crippen molar-refractivity contribution in [2.24, 2.45) is 5.73 Å². The number of likely N-dealkylation sites (tertiary alicyclic amines) is 1. The van der Waals surface area contributed by atoms with Crippen molar-refractivity contribution in [3.63, 3.8) is 0 Å². The molecule has 0 aliphatic carbocycles. The van der Waals surface area contributed by atoms with Crippen molar-refractivity contribution in [1.82, 2.24) is 10.2 Å². The van der Waals surface area contributed by atoms with Gasteiger partial charge in [0, 0.05) is 12.1 Å². The third-order valence-corrected chi connectivity index (χ3v) is 3.49. The van der Waals surface area contributed by atoms with Gasteiger partial charge in [-0.3, -0.25) is 4.79 Å². The number of carboxylic acids is 1. The Morgan fingerprint density at radius 2 is 2.05 bits per heavy atom. The average Bonchev–Trinajstić information content (AvgIpc) is 2.68. The molecule has 0 aromatic carbocycles. The maximum atomic E-state index is 12.1. The summed E-state index contributed by atoms with van der Waals surface area (Å²) in [6.07, 6.45) is 2.24. The number of nitrogens with two attached hydrogens (primary N) is 1. The summed E-state index contributed by atoms with van der Waals surface area (Å²) in [7, 11) is 0. The Bertz CT molecular complexity index is 372. The molecular formula is C12H21N3O4. The fourth-order valence-electron chi connectivity index (χ4n) is 2.46. The first kappa shape index (κ1) is 15.3.